The number of likely N-dealkylation sites (tertiary alicyclic amines) is 1. The van der Waals surface area contributed by atoms with Gasteiger partial charge in [-0.05, 0) is 24.6 Å². The zero-order valence-electron chi connectivity index (χ0n) is 18.5. The number of amides is 1. The first-order chi connectivity index (χ1) is 16.6. The Labute approximate surface area is 197 Å². The molecule has 0 aliphatic carbocycles. The Bertz CT molecular complexity index is 1250. The van der Waals surface area contributed by atoms with Gasteiger partial charge in [0.25, 0.3) is 11.8 Å². The first-order valence-electron chi connectivity index (χ1n) is 10.7. The first kappa shape index (κ1) is 24.3. The number of anilines is 1. The number of carbonyl (C=O) groups is 1. The summed E-state index contributed by atoms with van der Waals surface area (Å²) in [6.07, 6.45) is 2.86. The van der Waals surface area contributed by atoms with Crippen molar-refractivity contribution in [3.05, 3.63) is 76.5 Å². The Morgan fingerprint density at radius 3 is 2.69 bits per heavy atom. The lowest BCUT2D eigenvalue weighted by atomic mass is 9.87. The number of ether oxygens (including phenoxy) is 1. The normalized spacial score (nSPS) is 18.6. The van der Waals surface area contributed by atoms with Crippen LogP contribution in [0.1, 0.15) is 24.8 Å². The molecule has 3 aromatic rings. The monoisotopic (exact) mass is 491 g/mol. The highest BCUT2D eigenvalue weighted by molar-refractivity contribution is 5.93. The van der Waals surface area contributed by atoms with Crippen LogP contribution in [0.5, 0.6) is 11.6 Å². The van der Waals surface area contributed by atoms with Gasteiger partial charge >= 0.3 is 0 Å². The number of aromatic nitrogens is 3. The predicted octanol–water partition coefficient (Wildman–Crippen LogP) is 3.69. The highest BCUT2D eigenvalue weighted by Gasteiger charge is 2.46. The number of halogens is 4. The average molecular weight is 491 g/mol. The number of hydrogen-bond donors (Lipinski definition) is 2. The average Bonchev–Trinajstić information content (AvgIpc) is 2.82. The van der Waals surface area contributed by atoms with Crippen molar-refractivity contribution < 1.29 is 27.1 Å². The van der Waals surface area contributed by atoms with Crippen molar-refractivity contribution in [3.8, 4) is 11.6 Å². The van der Waals surface area contributed by atoms with Crippen molar-refractivity contribution >= 4 is 11.7 Å². The third-order valence-electron chi connectivity index (χ3n) is 5.77. The number of nitrogens with one attached hydrogen (secondary N) is 2. The van der Waals surface area contributed by atoms with Crippen molar-refractivity contribution in [2.45, 2.75) is 31.2 Å². The molecule has 1 fully saturated rings. The van der Waals surface area contributed by atoms with Gasteiger partial charge < -0.3 is 15.0 Å². The molecular weight excluding hydrogens is 470 g/mol. The molecule has 1 amide bonds. The quantitative estimate of drug-likeness (QED) is 0.511. The molecule has 184 valence electrons. The van der Waals surface area contributed by atoms with Crippen molar-refractivity contribution in [1.29, 1.82) is 0 Å². The summed E-state index contributed by atoms with van der Waals surface area (Å²) in [5, 5.41) is 2.61. The lowest BCUT2D eigenvalue weighted by Gasteiger charge is -2.40. The van der Waals surface area contributed by atoms with Crippen LogP contribution in [-0.2, 0) is 4.79 Å². The number of hydrogen-bond acceptors (Lipinski definition) is 6. The molecule has 35 heavy (non-hydrogen) atoms. The maximum Gasteiger partial charge on any atom is 0.257 e. The highest BCUT2D eigenvalue weighted by Crippen LogP contribution is 2.40. The van der Waals surface area contributed by atoms with Crippen LogP contribution in [0.4, 0.5) is 23.4 Å². The van der Waals surface area contributed by atoms with Gasteiger partial charge in [-0.15, -0.1) is 0 Å². The Hall–Kier alpha value is -3.80. The molecule has 4 rings (SSSR count). The summed E-state index contributed by atoms with van der Waals surface area (Å²) in [6, 6.07) is 5.27. The number of rotatable bonds is 6. The van der Waals surface area contributed by atoms with Crippen molar-refractivity contribution in [2.24, 2.45) is 0 Å². The number of carbonyl (C=O) groups excluding carboxylic acids is 1. The van der Waals surface area contributed by atoms with Crippen molar-refractivity contribution in [1.82, 2.24) is 19.9 Å². The minimum atomic E-state index is -2.98. The van der Waals surface area contributed by atoms with Crippen molar-refractivity contribution in [3.63, 3.8) is 0 Å². The van der Waals surface area contributed by atoms with Gasteiger partial charge in [0.05, 0.1) is 24.4 Å². The van der Waals surface area contributed by atoms with E-state index < -0.39 is 47.7 Å². The molecular formula is C23H21F4N5O3. The van der Waals surface area contributed by atoms with E-state index in [1.54, 1.807) is 11.8 Å². The third kappa shape index (κ3) is 5.65. The van der Waals surface area contributed by atoms with Gasteiger partial charge in [-0.2, -0.15) is 0 Å². The number of aromatic amines is 1. The van der Waals surface area contributed by atoms with E-state index in [9.17, 15) is 27.2 Å². The zero-order chi connectivity index (χ0) is 25.2. The lowest BCUT2D eigenvalue weighted by molar-refractivity contribution is -0.125. The van der Waals surface area contributed by atoms with Crippen LogP contribution in [0.15, 0.2) is 53.7 Å². The van der Waals surface area contributed by atoms with E-state index >= 15 is 0 Å². The maximum absolute atomic E-state index is 14.6. The van der Waals surface area contributed by atoms with Gasteiger partial charge in [0.15, 0.2) is 5.82 Å². The van der Waals surface area contributed by atoms with Crippen LogP contribution in [0.3, 0.4) is 0 Å². The third-order valence-corrected chi connectivity index (χ3v) is 5.77. The van der Waals surface area contributed by atoms with Gasteiger partial charge in [-0.25, -0.2) is 27.5 Å². The summed E-state index contributed by atoms with van der Waals surface area (Å²) < 4.78 is 61.0. The summed E-state index contributed by atoms with van der Waals surface area (Å²) >= 11 is 0. The van der Waals surface area contributed by atoms with Gasteiger partial charge in [0.1, 0.15) is 17.4 Å². The molecule has 0 radical (unpaired) electrons. The fourth-order valence-corrected chi connectivity index (χ4v) is 3.77. The largest absolute Gasteiger partial charge is 0.435 e. The van der Waals surface area contributed by atoms with E-state index in [-0.39, 0.29) is 35.8 Å². The Balaban J connectivity index is 1.39. The van der Waals surface area contributed by atoms with Crippen LogP contribution in [0.25, 0.3) is 0 Å². The lowest BCUT2D eigenvalue weighted by Crippen LogP contribution is -2.52. The van der Waals surface area contributed by atoms with E-state index in [0.29, 0.717) is 6.07 Å². The smallest absolute Gasteiger partial charge is 0.257 e. The Kier molecular flexibility index (Phi) is 6.83. The second-order valence-electron chi connectivity index (χ2n) is 8.13. The number of piperidine rings is 1. The van der Waals surface area contributed by atoms with Crippen LogP contribution in [0, 0.1) is 11.6 Å². The summed E-state index contributed by atoms with van der Waals surface area (Å²) in [5.74, 6) is -6.61. The van der Waals surface area contributed by atoms with E-state index in [1.165, 1.54) is 36.7 Å². The molecule has 0 saturated carbocycles. The molecule has 0 spiro atoms. The molecule has 1 aliphatic heterocycles. The van der Waals surface area contributed by atoms with Crippen LogP contribution in [0.2, 0.25) is 0 Å². The molecule has 8 nitrogen and oxygen atoms in total. The van der Waals surface area contributed by atoms with Gasteiger partial charge in [-0.3, -0.25) is 14.5 Å². The summed E-state index contributed by atoms with van der Waals surface area (Å²) in [4.78, 5) is 35.6. The first-order valence-corrected chi connectivity index (χ1v) is 10.7. The molecule has 0 unspecified atom stereocenters. The Morgan fingerprint density at radius 1 is 1.23 bits per heavy atom. The van der Waals surface area contributed by atoms with E-state index in [1.807, 2.05) is 0 Å². The van der Waals surface area contributed by atoms with Crippen molar-refractivity contribution in [2.75, 3.05) is 18.4 Å². The number of pyridine rings is 3. The second-order valence-corrected chi connectivity index (χ2v) is 8.13. The highest BCUT2D eigenvalue weighted by atomic mass is 19.3. The zero-order valence-corrected chi connectivity index (χ0v) is 18.5. The number of nitrogens with zero attached hydrogens (tertiary/aromatic N) is 3. The summed E-state index contributed by atoms with van der Waals surface area (Å²) in [7, 11) is 0. The minimum absolute atomic E-state index is 0.0118. The molecule has 0 aromatic carbocycles. The minimum Gasteiger partial charge on any atom is -0.435 e. The second kappa shape index (κ2) is 9.82. The fourth-order valence-electron chi connectivity index (χ4n) is 3.77. The van der Waals surface area contributed by atoms with Gasteiger partial charge in [-0.1, -0.05) is 6.07 Å². The molecule has 0 bridgehead atoms. The standard InChI is InChI=1S/C23H21F4N5O3/c1-13(32-7-6-23(26,27)17(12-32)14-2-5-20(33)29-9-14)21(34)31-19-4-3-16(11-28-19)35-22-18(25)8-15(24)10-30-22/h2-5,8-11,13,17H,6-7,12H2,1H3,(H,29,33)(H,28,31,34)/t13-,17+/m0/s1. The van der Waals surface area contributed by atoms with Gasteiger partial charge in [0.2, 0.25) is 11.5 Å². The maximum atomic E-state index is 14.6. The Morgan fingerprint density at radius 2 is 2.03 bits per heavy atom. The summed E-state index contributed by atoms with van der Waals surface area (Å²) in [6.45, 7) is 1.53. The fraction of sp³-hybridized carbons (Fsp3) is 0.304. The van der Waals surface area contributed by atoms with Crippen LogP contribution in [-0.4, -0.2) is 50.8 Å². The molecule has 1 saturated heterocycles. The molecule has 2 atom stereocenters. The van der Waals surface area contributed by atoms with E-state index in [2.05, 4.69) is 20.3 Å². The van der Waals surface area contributed by atoms with E-state index in [4.69, 9.17) is 4.74 Å². The predicted molar refractivity (Wildman–Crippen MR) is 117 cm³/mol. The van der Waals surface area contributed by atoms with Gasteiger partial charge in [0, 0.05) is 37.8 Å². The number of alkyl halides is 2. The molecule has 4 heterocycles. The SMILES string of the molecule is C[C@@H](C(=O)Nc1ccc(Oc2ncc(F)cc2F)cn1)N1CCC(F)(F)[C@@H](c2ccc(=O)[nH]c2)C1. The molecule has 1 aliphatic rings. The van der Waals surface area contributed by atoms with Crippen LogP contribution < -0.4 is 15.6 Å². The van der Waals surface area contributed by atoms with E-state index in [0.717, 1.165) is 6.20 Å². The summed E-state index contributed by atoms with van der Waals surface area (Å²) in [5.41, 5.74) is -0.100. The van der Waals surface area contributed by atoms with Crippen LogP contribution >= 0.6 is 0 Å². The molecule has 12 heteroatoms. The topological polar surface area (TPSA) is 100 Å². The molecule has 2 N–H and O–H groups in total. The number of H-pyrrole nitrogens is 1. The molecule has 3 aromatic heterocycles.